The minimum Gasteiger partial charge on any atom is -0.289 e. The van der Waals surface area contributed by atoms with E-state index in [9.17, 15) is 0 Å². The number of azo groups is 1. The average Bonchev–Trinajstić information content (AvgIpc) is 2.49. The van der Waals surface area contributed by atoms with Gasteiger partial charge in [-0.05, 0) is 32.8 Å². The molecule has 1 aliphatic heterocycles. The molecular formula is C14H21N3. The van der Waals surface area contributed by atoms with E-state index >= 15 is 0 Å². The van der Waals surface area contributed by atoms with E-state index in [1.165, 1.54) is 11.1 Å². The van der Waals surface area contributed by atoms with Crippen LogP contribution in [-0.2, 0) is 0 Å². The summed E-state index contributed by atoms with van der Waals surface area (Å²) in [6.45, 7) is 10.3. The maximum atomic E-state index is 4.57. The van der Waals surface area contributed by atoms with Crippen LogP contribution < -0.4 is 0 Å². The highest BCUT2D eigenvalue weighted by atomic mass is 15.1. The van der Waals surface area contributed by atoms with Gasteiger partial charge in [0.15, 0.2) is 0 Å². The van der Waals surface area contributed by atoms with Gasteiger partial charge in [-0.2, -0.15) is 10.2 Å². The Labute approximate surface area is 104 Å². The van der Waals surface area contributed by atoms with Crippen LogP contribution >= 0.6 is 0 Å². The second-order valence-electron chi connectivity index (χ2n) is 4.34. The smallest absolute Gasteiger partial charge is 0.0834 e. The lowest BCUT2D eigenvalue weighted by atomic mass is 10.0. The zero-order valence-corrected chi connectivity index (χ0v) is 11.0. The fourth-order valence-electron chi connectivity index (χ4n) is 1.65. The van der Waals surface area contributed by atoms with Crippen molar-refractivity contribution >= 4 is 6.21 Å². The van der Waals surface area contributed by atoms with Gasteiger partial charge >= 0.3 is 0 Å². The molecule has 0 aromatic carbocycles. The predicted molar refractivity (Wildman–Crippen MR) is 73.6 cm³/mol. The van der Waals surface area contributed by atoms with Gasteiger partial charge in [-0.3, -0.25) is 4.99 Å². The van der Waals surface area contributed by atoms with E-state index in [1.54, 1.807) is 0 Å². The third-order valence-electron chi connectivity index (χ3n) is 2.68. The summed E-state index contributed by atoms with van der Waals surface area (Å²) in [6.07, 6.45) is 8.28. The molecule has 0 saturated heterocycles. The molecule has 0 bridgehead atoms. The molecule has 0 N–H and O–H groups in total. The van der Waals surface area contributed by atoms with Crippen molar-refractivity contribution in [2.24, 2.45) is 15.2 Å². The molecule has 1 aliphatic rings. The Hall–Kier alpha value is -1.51. The summed E-state index contributed by atoms with van der Waals surface area (Å²) >= 11 is 0. The van der Waals surface area contributed by atoms with Crippen molar-refractivity contribution in [1.29, 1.82) is 0 Å². The number of hydrogen-bond acceptors (Lipinski definition) is 3. The highest BCUT2D eigenvalue weighted by Gasteiger charge is 2.12. The standard InChI is InChI=1S/C14H21N3/c1-5-13(10-16-17-11(2)3)14-7-6-12(4)8-9-15-14/h5-6,9,14H,2,7-8,10H2,1,3-4H3/b13-5+,17-16?. The summed E-state index contributed by atoms with van der Waals surface area (Å²) in [5, 5.41) is 8.10. The SMILES string of the molecule is C=C(C)N=NC/C(=C\C)C1CC=C(C)CC=N1. The Morgan fingerprint density at radius 1 is 1.65 bits per heavy atom. The van der Waals surface area contributed by atoms with Crippen molar-refractivity contribution in [1.82, 2.24) is 0 Å². The highest BCUT2D eigenvalue weighted by Crippen LogP contribution is 2.17. The van der Waals surface area contributed by atoms with Gasteiger partial charge in [-0.15, -0.1) is 0 Å². The van der Waals surface area contributed by atoms with Crippen molar-refractivity contribution < 1.29 is 0 Å². The molecule has 0 fully saturated rings. The molecule has 92 valence electrons. The van der Waals surface area contributed by atoms with Crippen LogP contribution in [0.3, 0.4) is 0 Å². The molecule has 1 atom stereocenters. The summed E-state index contributed by atoms with van der Waals surface area (Å²) in [4.78, 5) is 4.57. The van der Waals surface area contributed by atoms with Gasteiger partial charge in [0.25, 0.3) is 0 Å². The molecule has 0 saturated carbocycles. The molecule has 1 heterocycles. The van der Waals surface area contributed by atoms with Crippen LogP contribution in [0.25, 0.3) is 0 Å². The van der Waals surface area contributed by atoms with Crippen LogP contribution in [-0.4, -0.2) is 18.8 Å². The summed E-state index contributed by atoms with van der Waals surface area (Å²) in [6, 6.07) is 0.224. The van der Waals surface area contributed by atoms with Gasteiger partial charge in [0.05, 0.1) is 18.3 Å². The molecule has 3 heteroatoms. The number of allylic oxidation sites excluding steroid dienone is 3. The second-order valence-corrected chi connectivity index (χ2v) is 4.34. The third kappa shape index (κ3) is 4.89. The first-order chi connectivity index (χ1) is 8.13. The predicted octanol–water partition coefficient (Wildman–Crippen LogP) is 4.10. The van der Waals surface area contributed by atoms with Crippen LogP contribution in [0.4, 0.5) is 0 Å². The molecular weight excluding hydrogens is 210 g/mol. The van der Waals surface area contributed by atoms with Gasteiger partial charge in [-0.1, -0.05) is 24.3 Å². The van der Waals surface area contributed by atoms with Crippen LogP contribution in [0, 0.1) is 0 Å². The van der Waals surface area contributed by atoms with Crippen molar-refractivity contribution in [2.45, 2.75) is 39.7 Å². The van der Waals surface area contributed by atoms with Gasteiger partial charge < -0.3 is 0 Å². The van der Waals surface area contributed by atoms with E-state index in [0.717, 1.165) is 18.5 Å². The van der Waals surface area contributed by atoms with Crippen molar-refractivity contribution in [3.63, 3.8) is 0 Å². The highest BCUT2D eigenvalue weighted by molar-refractivity contribution is 5.62. The van der Waals surface area contributed by atoms with E-state index in [-0.39, 0.29) is 6.04 Å². The second kappa shape index (κ2) is 6.94. The number of nitrogens with zero attached hydrogens (tertiary/aromatic N) is 3. The lowest BCUT2D eigenvalue weighted by Crippen LogP contribution is -2.09. The Kier molecular flexibility index (Phi) is 5.53. The van der Waals surface area contributed by atoms with Crippen molar-refractivity contribution in [3.05, 3.63) is 35.6 Å². The first kappa shape index (κ1) is 13.6. The van der Waals surface area contributed by atoms with Crippen LogP contribution in [0.2, 0.25) is 0 Å². The van der Waals surface area contributed by atoms with Crippen LogP contribution in [0.5, 0.6) is 0 Å². The normalized spacial score (nSPS) is 21.5. The van der Waals surface area contributed by atoms with E-state index < -0.39 is 0 Å². The van der Waals surface area contributed by atoms with Gasteiger partial charge in [0.1, 0.15) is 0 Å². The first-order valence-corrected chi connectivity index (χ1v) is 5.99. The molecule has 0 amide bonds. The van der Waals surface area contributed by atoms with E-state index in [2.05, 4.69) is 40.9 Å². The third-order valence-corrected chi connectivity index (χ3v) is 2.68. The fourth-order valence-corrected chi connectivity index (χ4v) is 1.65. The van der Waals surface area contributed by atoms with Gasteiger partial charge in [0, 0.05) is 12.6 Å². The lowest BCUT2D eigenvalue weighted by molar-refractivity contribution is 0.757. The van der Waals surface area contributed by atoms with Crippen LogP contribution in [0.15, 0.2) is 50.8 Å². The maximum Gasteiger partial charge on any atom is 0.0834 e. The molecule has 0 aromatic heterocycles. The molecule has 0 aromatic rings. The summed E-state index contributed by atoms with van der Waals surface area (Å²) in [7, 11) is 0. The Balaban J connectivity index is 2.65. The average molecular weight is 231 g/mol. The lowest BCUT2D eigenvalue weighted by Gasteiger charge is -2.11. The summed E-state index contributed by atoms with van der Waals surface area (Å²) in [5.74, 6) is 0. The Morgan fingerprint density at radius 2 is 2.41 bits per heavy atom. The topological polar surface area (TPSA) is 37.1 Å². The van der Waals surface area contributed by atoms with E-state index in [0.29, 0.717) is 6.54 Å². The van der Waals surface area contributed by atoms with Crippen LogP contribution in [0.1, 0.15) is 33.6 Å². The fraction of sp³-hybridized carbons (Fsp3) is 0.500. The van der Waals surface area contributed by atoms with Gasteiger partial charge in [-0.25, -0.2) is 0 Å². The monoisotopic (exact) mass is 231 g/mol. The van der Waals surface area contributed by atoms with Crippen molar-refractivity contribution in [2.75, 3.05) is 6.54 Å². The van der Waals surface area contributed by atoms with E-state index in [1.807, 2.05) is 20.1 Å². The minimum atomic E-state index is 0.224. The maximum absolute atomic E-state index is 4.57. The van der Waals surface area contributed by atoms with E-state index in [4.69, 9.17) is 0 Å². The van der Waals surface area contributed by atoms with Crippen molar-refractivity contribution in [3.8, 4) is 0 Å². The first-order valence-electron chi connectivity index (χ1n) is 5.99. The molecule has 1 rings (SSSR count). The zero-order chi connectivity index (χ0) is 12.7. The zero-order valence-electron chi connectivity index (χ0n) is 11.0. The number of hydrogen-bond donors (Lipinski definition) is 0. The molecule has 17 heavy (non-hydrogen) atoms. The number of rotatable bonds is 4. The molecule has 0 radical (unpaired) electrons. The molecule has 3 nitrogen and oxygen atoms in total. The minimum absolute atomic E-state index is 0.224. The number of aliphatic imine (C=N–C) groups is 1. The Bertz CT molecular complexity index is 386. The molecule has 1 unspecified atom stereocenters. The molecule has 0 spiro atoms. The summed E-state index contributed by atoms with van der Waals surface area (Å²) < 4.78 is 0. The van der Waals surface area contributed by atoms with Gasteiger partial charge in [0.2, 0.25) is 0 Å². The molecule has 0 aliphatic carbocycles. The largest absolute Gasteiger partial charge is 0.289 e. The Morgan fingerprint density at radius 3 is 3.06 bits per heavy atom. The quantitative estimate of drug-likeness (QED) is 0.516. The summed E-state index contributed by atoms with van der Waals surface area (Å²) in [5.41, 5.74) is 3.34.